The van der Waals surface area contributed by atoms with Gasteiger partial charge in [-0.15, -0.1) is 0 Å². The van der Waals surface area contributed by atoms with Crippen molar-refractivity contribution >= 4 is 39.2 Å². The van der Waals surface area contributed by atoms with E-state index >= 15 is 0 Å². The SMILES string of the molecule is CC(C)(C)c1ccc(Nc2ccc(-c3ccc4cc(-c5ccc6c(c5)C(C)(C)c5ccccc5N6c5ccccc5)ccc4c3)cc2C(C)(C)c2ccccc2)cc1. The van der Waals surface area contributed by atoms with Crippen molar-refractivity contribution in [3.05, 3.63) is 210 Å². The molecule has 1 aliphatic rings. The Kier molecular flexibility index (Phi) is 9.12. The lowest BCUT2D eigenvalue weighted by atomic mass is 9.73. The predicted octanol–water partition coefficient (Wildman–Crippen LogP) is 15.6. The van der Waals surface area contributed by atoms with Crippen molar-refractivity contribution in [2.24, 2.45) is 0 Å². The summed E-state index contributed by atoms with van der Waals surface area (Å²) in [5.74, 6) is 0. The Labute approximate surface area is 344 Å². The van der Waals surface area contributed by atoms with Gasteiger partial charge in [-0.2, -0.15) is 0 Å². The summed E-state index contributed by atoms with van der Waals surface area (Å²) < 4.78 is 0. The Morgan fingerprint density at radius 2 is 0.983 bits per heavy atom. The Balaban J connectivity index is 1.07. The van der Waals surface area contributed by atoms with Gasteiger partial charge in [-0.1, -0.05) is 164 Å². The zero-order chi connectivity index (χ0) is 40.2. The highest BCUT2D eigenvalue weighted by atomic mass is 15.2. The number of rotatable bonds is 7. The summed E-state index contributed by atoms with van der Waals surface area (Å²) in [6, 6.07) is 67.1. The number of hydrogen-bond acceptors (Lipinski definition) is 2. The summed E-state index contributed by atoms with van der Waals surface area (Å²) >= 11 is 0. The molecule has 0 atom stereocenters. The van der Waals surface area contributed by atoms with Crippen LogP contribution in [0.15, 0.2) is 182 Å². The van der Waals surface area contributed by atoms with E-state index in [0.717, 1.165) is 11.4 Å². The molecular formula is C56H52N2. The first-order valence-electron chi connectivity index (χ1n) is 20.6. The van der Waals surface area contributed by atoms with Gasteiger partial charge in [0, 0.05) is 27.9 Å². The van der Waals surface area contributed by atoms with Crippen LogP contribution in [0.1, 0.15) is 76.3 Å². The maximum Gasteiger partial charge on any atom is 0.0503 e. The predicted molar refractivity (Wildman–Crippen MR) is 249 cm³/mol. The lowest BCUT2D eigenvalue weighted by Gasteiger charge is -2.42. The van der Waals surface area contributed by atoms with Crippen molar-refractivity contribution < 1.29 is 0 Å². The van der Waals surface area contributed by atoms with Crippen LogP contribution in [0.5, 0.6) is 0 Å². The Hall–Kier alpha value is -6.38. The van der Waals surface area contributed by atoms with Gasteiger partial charge in [-0.05, 0) is 133 Å². The largest absolute Gasteiger partial charge is 0.355 e. The van der Waals surface area contributed by atoms with Crippen molar-refractivity contribution in [1.82, 2.24) is 0 Å². The second-order valence-electron chi connectivity index (χ2n) is 18.0. The van der Waals surface area contributed by atoms with E-state index in [2.05, 4.69) is 241 Å². The summed E-state index contributed by atoms with van der Waals surface area (Å²) in [4.78, 5) is 2.42. The highest BCUT2D eigenvalue weighted by Crippen LogP contribution is 2.52. The van der Waals surface area contributed by atoms with Gasteiger partial charge < -0.3 is 10.2 Å². The van der Waals surface area contributed by atoms with E-state index in [-0.39, 0.29) is 16.2 Å². The second-order valence-corrected chi connectivity index (χ2v) is 18.0. The van der Waals surface area contributed by atoms with Crippen LogP contribution in [0.3, 0.4) is 0 Å². The van der Waals surface area contributed by atoms with Gasteiger partial charge in [0.25, 0.3) is 0 Å². The number of para-hydroxylation sites is 2. The molecule has 0 spiro atoms. The van der Waals surface area contributed by atoms with Gasteiger partial charge in [0.1, 0.15) is 0 Å². The molecule has 0 saturated heterocycles. The molecule has 2 nitrogen and oxygen atoms in total. The molecule has 0 unspecified atom stereocenters. The van der Waals surface area contributed by atoms with Crippen LogP contribution >= 0.6 is 0 Å². The summed E-state index contributed by atoms with van der Waals surface area (Å²) in [6.07, 6.45) is 0. The molecule has 8 aromatic carbocycles. The molecule has 2 heteroatoms. The van der Waals surface area contributed by atoms with Crippen LogP contribution in [-0.2, 0) is 16.2 Å². The van der Waals surface area contributed by atoms with Crippen molar-refractivity contribution in [1.29, 1.82) is 0 Å². The maximum atomic E-state index is 3.79. The molecule has 58 heavy (non-hydrogen) atoms. The molecule has 0 fully saturated rings. The van der Waals surface area contributed by atoms with Crippen LogP contribution in [0.4, 0.5) is 28.4 Å². The van der Waals surface area contributed by atoms with E-state index in [1.165, 1.54) is 77.9 Å². The third-order valence-corrected chi connectivity index (χ3v) is 12.5. The molecule has 1 N–H and O–H groups in total. The van der Waals surface area contributed by atoms with Crippen molar-refractivity contribution in [3.63, 3.8) is 0 Å². The third-order valence-electron chi connectivity index (χ3n) is 12.5. The highest BCUT2D eigenvalue weighted by Gasteiger charge is 2.37. The molecule has 1 aliphatic heterocycles. The zero-order valence-electron chi connectivity index (χ0n) is 34.8. The van der Waals surface area contributed by atoms with E-state index in [0.29, 0.717) is 0 Å². The molecule has 0 amide bonds. The van der Waals surface area contributed by atoms with Crippen LogP contribution in [0.2, 0.25) is 0 Å². The fraction of sp³-hybridized carbons (Fsp3) is 0.179. The minimum Gasteiger partial charge on any atom is -0.355 e. The lowest BCUT2D eigenvalue weighted by molar-refractivity contribution is 0.590. The molecule has 0 saturated carbocycles. The van der Waals surface area contributed by atoms with Gasteiger partial charge >= 0.3 is 0 Å². The molecule has 1 heterocycles. The first kappa shape index (κ1) is 37.2. The third kappa shape index (κ3) is 6.67. The molecular weight excluding hydrogens is 701 g/mol. The first-order chi connectivity index (χ1) is 27.9. The summed E-state index contributed by atoms with van der Waals surface area (Å²) in [5.41, 5.74) is 17.0. The fourth-order valence-corrected chi connectivity index (χ4v) is 8.91. The smallest absolute Gasteiger partial charge is 0.0503 e. The number of anilines is 5. The Morgan fingerprint density at radius 1 is 0.448 bits per heavy atom. The fourth-order valence-electron chi connectivity index (χ4n) is 8.91. The van der Waals surface area contributed by atoms with E-state index in [9.17, 15) is 0 Å². The average Bonchev–Trinajstić information content (AvgIpc) is 3.24. The molecule has 8 aromatic rings. The summed E-state index contributed by atoms with van der Waals surface area (Å²) in [7, 11) is 0. The molecule has 0 bridgehead atoms. The summed E-state index contributed by atoms with van der Waals surface area (Å²) in [6.45, 7) is 16.2. The number of nitrogens with one attached hydrogen (secondary N) is 1. The van der Waals surface area contributed by atoms with Gasteiger partial charge in [-0.3, -0.25) is 0 Å². The van der Waals surface area contributed by atoms with Gasteiger partial charge in [0.05, 0.1) is 11.4 Å². The van der Waals surface area contributed by atoms with Crippen LogP contribution in [-0.4, -0.2) is 0 Å². The average molecular weight is 753 g/mol. The van der Waals surface area contributed by atoms with Gasteiger partial charge in [-0.25, -0.2) is 0 Å². The zero-order valence-corrected chi connectivity index (χ0v) is 34.8. The normalized spacial score (nSPS) is 13.5. The Bertz CT molecular complexity index is 2770. The van der Waals surface area contributed by atoms with Crippen LogP contribution in [0, 0.1) is 0 Å². The first-order valence-corrected chi connectivity index (χ1v) is 20.6. The lowest BCUT2D eigenvalue weighted by Crippen LogP contribution is -2.30. The van der Waals surface area contributed by atoms with Gasteiger partial charge in [0.2, 0.25) is 0 Å². The van der Waals surface area contributed by atoms with Crippen LogP contribution in [0.25, 0.3) is 33.0 Å². The number of fused-ring (bicyclic) bond motifs is 3. The van der Waals surface area contributed by atoms with E-state index < -0.39 is 0 Å². The number of benzene rings is 8. The quantitative estimate of drug-likeness (QED) is 0.174. The standard InChI is InChI=1S/C56H52N2/c1-54(2,3)44-28-30-46(31-29-44)57-51-32-26-42(36-49(51)55(4,5)45-16-10-8-11-17-45)40-24-22-39-35-41(25-23-38(39)34-40)43-27-33-53-50(37-43)56(6,7)48-20-14-15-21-52(48)58(53)47-18-12-9-13-19-47/h8-37,57H,1-7H3. The topological polar surface area (TPSA) is 15.3 Å². The maximum absolute atomic E-state index is 3.79. The molecule has 0 radical (unpaired) electrons. The van der Waals surface area contributed by atoms with Crippen molar-refractivity contribution in [3.8, 4) is 22.3 Å². The second kappa shape index (κ2) is 14.2. The van der Waals surface area contributed by atoms with E-state index in [1.807, 2.05) is 0 Å². The van der Waals surface area contributed by atoms with Gasteiger partial charge in [0.15, 0.2) is 0 Å². The monoisotopic (exact) mass is 752 g/mol. The van der Waals surface area contributed by atoms with Crippen molar-refractivity contribution in [2.75, 3.05) is 10.2 Å². The minimum absolute atomic E-state index is 0.110. The van der Waals surface area contributed by atoms with E-state index in [4.69, 9.17) is 0 Å². The Morgan fingerprint density at radius 3 is 1.64 bits per heavy atom. The van der Waals surface area contributed by atoms with E-state index in [1.54, 1.807) is 0 Å². The van der Waals surface area contributed by atoms with Crippen molar-refractivity contribution in [2.45, 2.75) is 64.7 Å². The molecule has 286 valence electrons. The number of hydrogen-bond donors (Lipinski definition) is 1. The number of nitrogens with zero attached hydrogens (tertiary/aromatic N) is 1. The molecule has 0 aromatic heterocycles. The highest BCUT2D eigenvalue weighted by molar-refractivity contribution is 5.93. The summed E-state index contributed by atoms with van der Waals surface area (Å²) in [5, 5.41) is 6.26. The molecule has 0 aliphatic carbocycles. The van der Waals surface area contributed by atoms with Crippen LogP contribution < -0.4 is 10.2 Å². The molecule has 9 rings (SSSR count). The minimum atomic E-state index is -0.236.